The van der Waals surface area contributed by atoms with Crippen LogP contribution in [0.4, 0.5) is 5.69 Å². The number of nitrogens with one attached hydrogen (secondary N) is 1. The highest BCUT2D eigenvalue weighted by Crippen LogP contribution is 2.25. The van der Waals surface area contributed by atoms with Crippen LogP contribution in [0.2, 0.25) is 0 Å². The molecule has 5 nitrogen and oxygen atoms in total. The molecule has 0 saturated heterocycles. The Bertz CT molecular complexity index is 852. The van der Waals surface area contributed by atoms with Crippen LogP contribution >= 0.6 is 0 Å². The van der Waals surface area contributed by atoms with Crippen LogP contribution < -0.4 is 5.32 Å². The minimum atomic E-state index is -0.208. The molecule has 0 saturated carbocycles. The minimum absolute atomic E-state index is 0.107. The van der Waals surface area contributed by atoms with Gasteiger partial charge in [-0.1, -0.05) is 17.3 Å². The topological polar surface area (TPSA) is 75.4 Å². The number of carbonyl (C=O) groups is 1. The summed E-state index contributed by atoms with van der Waals surface area (Å²) in [4.78, 5) is 12.1. The smallest absolute Gasteiger partial charge is 0.230 e. The second-order valence-corrected chi connectivity index (χ2v) is 5.36. The predicted molar refractivity (Wildman–Crippen MR) is 83.9 cm³/mol. The number of hydrogen-bond donors (Lipinski definition) is 2. The zero-order chi connectivity index (χ0) is 15.7. The molecule has 5 heteroatoms. The van der Waals surface area contributed by atoms with Gasteiger partial charge in [-0.3, -0.25) is 4.79 Å². The van der Waals surface area contributed by atoms with Gasteiger partial charge in [0, 0.05) is 17.1 Å². The lowest BCUT2D eigenvalue weighted by atomic mass is 10.0. The van der Waals surface area contributed by atoms with Crippen molar-refractivity contribution >= 4 is 22.6 Å². The predicted octanol–water partition coefficient (Wildman–Crippen LogP) is 3.33. The first-order valence-electron chi connectivity index (χ1n) is 6.97. The maximum Gasteiger partial charge on any atom is 0.230 e. The van der Waals surface area contributed by atoms with E-state index < -0.39 is 0 Å². The molecule has 112 valence electrons. The summed E-state index contributed by atoms with van der Waals surface area (Å²) in [6.45, 7) is 3.96. The van der Waals surface area contributed by atoms with Crippen molar-refractivity contribution in [2.24, 2.45) is 0 Å². The number of benzene rings is 2. The van der Waals surface area contributed by atoms with E-state index >= 15 is 0 Å². The van der Waals surface area contributed by atoms with Gasteiger partial charge in [0.05, 0.1) is 6.42 Å². The zero-order valence-corrected chi connectivity index (χ0v) is 12.4. The molecule has 0 fully saturated rings. The fourth-order valence-electron chi connectivity index (χ4n) is 2.58. The Balaban J connectivity index is 1.83. The number of carbonyl (C=O) groups excluding carboxylic acids is 1. The summed E-state index contributed by atoms with van der Waals surface area (Å²) >= 11 is 0. The number of nitrogens with zero attached hydrogens (tertiary/aromatic N) is 1. The van der Waals surface area contributed by atoms with Gasteiger partial charge in [-0.2, -0.15) is 0 Å². The highest BCUT2D eigenvalue weighted by atomic mass is 16.5. The lowest BCUT2D eigenvalue weighted by Crippen LogP contribution is -2.14. The van der Waals surface area contributed by atoms with E-state index in [1.54, 1.807) is 18.2 Å². The van der Waals surface area contributed by atoms with Crippen LogP contribution in [-0.4, -0.2) is 16.2 Å². The SMILES string of the molecule is Cc1cc(C)c2c(CC(=O)Nc3cccc(O)c3)noc2c1. The van der Waals surface area contributed by atoms with Crippen molar-refractivity contribution in [1.29, 1.82) is 0 Å². The van der Waals surface area contributed by atoms with E-state index in [0.717, 1.165) is 16.5 Å². The summed E-state index contributed by atoms with van der Waals surface area (Å²) in [5.41, 5.74) is 3.99. The number of amides is 1. The second kappa shape index (κ2) is 5.52. The molecule has 0 aliphatic heterocycles. The van der Waals surface area contributed by atoms with E-state index in [1.165, 1.54) is 6.07 Å². The normalized spacial score (nSPS) is 10.8. The number of fused-ring (bicyclic) bond motifs is 1. The van der Waals surface area contributed by atoms with Crippen molar-refractivity contribution in [3.63, 3.8) is 0 Å². The Hall–Kier alpha value is -2.82. The highest BCUT2D eigenvalue weighted by molar-refractivity contribution is 5.95. The fraction of sp³-hybridized carbons (Fsp3) is 0.176. The third-order valence-corrected chi connectivity index (χ3v) is 3.44. The van der Waals surface area contributed by atoms with E-state index in [4.69, 9.17) is 4.52 Å². The lowest BCUT2D eigenvalue weighted by Gasteiger charge is -2.05. The van der Waals surface area contributed by atoms with E-state index in [-0.39, 0.29) is 18.1 Å². The Kier molecular flexibility index (Phi) is 3.55. The van der Waals surface area contributed by atoms with Crippen LogP contribution in [0.25, 0.3) is 11.0 Å². The number of aromatic nitrogens is 1. The van der Waals surface area contributed by atoms with Gasteiger partial charge in [0.1, 0.15) is 11.4 Å². The number of aryl methyl sites for hydroxylation is 2. The molecule has 0 bridgehead atoms. The fourth-order valence-corrected chi connectivity index (χ4v) is 2.58. The molecule has 2 N–H and O–H groups in total. The van der Waals surface area contributed by atoms with Crippen molar-refractivity contribution < 1.29 is 14.4 Å². The summed E-state index contributed by atoms with van der Waals surface area (Å²) in [5, 5.41) is 17.0. The minimum Gasteiger partial charge on any atom is -0.508 e. The molecule has 3 rings (SSSR count). The van der Waals surface area contributed by atoms with Gasteiger partial charge in [-0.15, -0.1) is 0 Å². The molecule has 1 heterocycles. The average Bonchev–Trinajstić information content (AvgIpc) is 2.81. The number of hydrogen-bond acceptors (Lipinski definition) is 4. The van der Waals surface area contributed by atoms with Crippen molar-refractivity contribution in [2.45, 2.75) is 20.3 Å². The van der Waals surface area contributed by atoms with E-state index in [2.05, 4.69) is 10.5 Å². The third-order valence-electron chi connectivity index (χ3n) is 3.44. The summed E-state index contributed by atoms with van der Waals surface area (Å²) in [6, 6.07) is 10.4. The van der Waals surface area contributed by atoms with Crippen molar-refractivity contribution in [2.75, 3.05) is 5.32 Å². The van der Waals surface area contributed by atoms with Crippen LogP contribution in [0.1, 0.15) is 16.8 Å². The van der Waals surface area contributed by atoms with Crippen molar-refractivity contribution in [1.82, 2.24) is 5.16 Å². The molecule has 22 heavy (non-hydrogen) atoms. The first-order chi connectivity index (χ1) is 10.5. The number of rotatable bonds is 3. The molecule has 1 amide bonds. The molecule has 0 radical (unpaired) electrons. The van der Waals surface area contributed by atoms with Gasteiger partial charge in [0.15, 0.2) is 5.58 Å². The van der Waals surface area contributed by atoms with E-state index in [1.807, 2.05) is 26.0 Å². The number of phenols is 1. The molecule has 1 aromatic heterocycles. The van der Waals surface area contributed by atoms with Gasteiger partial charge < -0.3 is 14.9 Å². The molecule has 3 aromatic rings. The summed E-state index contributed by atoms with van der Waals surface area (Å²) in [7, 11) is 0. The van der Waals surface area contributed by atoms with Crippen LogP contribution in [0, 0.1) is 13.8 Å². The molecule has 0 aliphatic rings. The molecular formula is C17H16N2O3. The van der Waals surface area contributed by atoms with Crippen LogP contribution in [-0.2, 0) is 11.2 Å². The Morgan fingerprint density at radius 2 is 2.09 bits per heavy atom. The average molecular weight is 296 g/mol. The second-order valence-electron chi connectivity index (χ2n) is 5.36. The summed E-state index contributed by atoms with van der Waals surface area (Å²) in [5.74, 6) is -0.100. The largest absolute Gasteiger partial charge is 0.508 e. The van der Waals surface area contributed by atoms with Crippen LogP contribution in [0.3, 0.4) is 0 Å². The van der Waals surface area contributed by atoms with Crippen molar-refractivity contribution in [3.8, 4) is 5.75 Å². The Morgan fingerprint density at radius 1 is 1.27 bits per heavy atom. The lowest BCUT2D eigenvalue weighted by molar-refractivity contribution is -0.115. The molecule has 0 atom stereocenters. The summed E-state index contributed by atoms with van der Waals surface area (Å²) in [6.07, 6.45) is 0.118. The molecule has 0 aliphatic carbocycles. The number of phenolic OH excluding ortho intramolecular Hbond substituents is 1. The van der Waals surface area contributed by atoms with E-state index in [9.17, 15) is 9.90 Å². The Labute approximate surface area is 127 Å². The maximum atomic E-state index is 12.1. The van der Waals surface area contributed by atoms with Crippen LogP contribution in [0.15, 0.2) is 40.9 Å². The standard InChI is InChI=1S/C17H16N2O3/c1-10-6-11(2)17-14(19-22-15(17)7-10)9-16(21)18-12-4-3-5-13(20)8-12/h3-8,20H,9H2,1-2H3,(H,18,21). The van der Waals surface area contributed by atoms with Crippen molar-refractivity contribution in [3.05, 3.63) is 53.2 Å². The quantitative estimate of drug-likeness (QED) is 0.777. The van der Waals surface area contributed by atoms with Crippen LogP contribution in [0.5, 0.6) is 5.75 Å². The molecular weight excluding hydrogens is 280 g/mol. The maximum absolute atomic E-state index is 12.1. The zero-order valence-electron chi connectivity index (χ0n) is 12.4. The van der Waals surface area contributed by atoms with E-state index in [0.29, 0.717) is 17.0 Å². The molecule has 0 unspecified atom stereocenters. The first kappa shape index (κ1) is 14.1. The Morgan fingerprint density at radius 3 is 2.86 bits per heavy atom. The summed E-state index contributed by atoms with van der Waals surface area (Å²) < 4.78 is 5.31. The number of aromatic hydroxyl groups is 1. The monoisotopic (exact) mass is 296 g/mol. The van der Waals surface area contributed by atoms with Gasteiger partial charge in [0.2, 0.25) is 5.91 Å². The van der Waals surface area contributed by atoms with Gasteiger partial charge in [-0.05, 0) is 43.2 Å². The van der Waals surface area contributed by atoms with Gasteiger partial charge in [-0.25, -0.2) is 0 Å². The first-order valence-corrected chi connectivity index (χ1v) is 6.97. The highest BCUT2D eigenvalue weighted by Gasteiger charge is 2.15. The van der Waals surface area contributed by atoms with Gasteiger partial charge >= 0.3 is 0 Å². The third kappa shape index (κ3) is 2.79. The number of anilines is 1. The van der Waals surface area contributed by atoms with Gasteiger partial charge in [0.25, 0.3) is 0 Å². The molecule has 2 aromatic carbocycles. The molecule has 0 spiro atoms.